The Hall–Kier alpha value is -4.08. The Labute approximate surface area is 171 Å². The van der Waals surface area contributed by atoms with Crippen LogP contribution in [0, 0.1) is 0 Å². The Balaban J connectivity index is 1.85. The molecule has 152 valence electrons. The smallest absolute Gasteiger partial charge is 0.260 e. The summed E-state index contributed by atoms with van der Waals surface area (Å²) in [5, 5.41) is 11.5. The minimum absolute atomic E-state index is 0.212. The van der Waals surface area contributed by atoms with Gasteiger partial charge in [-0.25, -0.2) is 0 Å². The Bertz CT molecular complexity index is 1240. The second-order valence-electron chi connectivity index (χ2n) is 6.25. The number of rotatable bonds is 6. The highest BCUT2D eigenvalue weighted by atomic mass is 16.5. The van der Waals surface area contributed by atoms with E-state index in [0.29, 0.717) is 40.6 Å². The maximum Gasteiger partial charge on any atom is 0.260 e. The van der Waals surface area contributed by atoms with E-state index in [1.807, 2.05) is 6.92 Å². The van der Waals surface area contributed by atoms with Crippen LogP contribution in [-0.2, 0) is 6.54 Å². The molecule has 4 aromatic rings. The first kappa shape index (κ1) is 19.2. The van der Waals surface area contributed by atoms with Gasteiger partial charge in [-0.3, -0.25) is 14.3 Å². The van der Waals surface area contributed by atoms with Crippen molar-refractivity contribution in [1.29, 1.82) is 0 Å². The molecule has 0 bridgehead atoms. The number of pyridine rings is 3. The number of ether oxygens (including phenoxy) is 2. The van der Waals surface area contributed by atoms with Gasteiger partial charge in [0.05, 0.1) is 14.2 Å². The van der Waals surface area contributed by atoms with Crippen molar-refractivity contribution in [3.63, 3.8) is 0 Å². The van der Waals surface area contributed by atoms with Crippen molar-refractivity contribution < 1.29 is 9.47 Å². The van der Waals surface area contributed by atoms with Crippen molar-refractivity contribution in [1.82, 2.24) is 29.7 Å². The van der Waals surface area contributed by atoms with E-state index in [9.17, 15) is 4.79 Å². The maximum atomic E-state index is 13.2. The lowest BCUT2D eigenvalue weighted by molar-refractivity contribution is 0.365. The molecule has 4 heterocycles. The lowest BCUT2D eigenvalue weighted by Crippen LogP contribution is -2.23. The van der Waals surface area contributed by atoms with E-state index in [2.05, 4.69) is 30.5 Å². The molecule has 10 heteroatoms. The molecular weight excluding hydrogens is 386 g/mol. The van der Waals surface area contributed by atoms with E-state index in [0.717, 1.165) is 5.69 Å². The molecule has 0 fully saturated rings. The third-order valence-corrected chi connectivity index (χ3v) is 4.47. The number of methoxy groups -OCH3 is 2. The van der Waals surface area contributed by atoms with Gasteiger partial charge in [0.25, 0.3) is 5.56 Å². The molecule has 0 radical (unpaired) electrons. The van der Waals surface area contributed by atoms with Crippen molar-refractivity contribution in [2.45, 2.75) is 13.5 Å². The summed E-state index contributed by atoms with van der Waals surface area (Å²) >= 11 is 0. The van der Waals surface area contributed by atoms with Crippen molar-refractivity contribution in [3.8, 4) is 22.9 Å². The number of fused-ring (bicyclic) bond motifs is 1. The summed E-state index contributed by atoms with van der Waals surface area (Å²) in [6.07, 6.45) is 3.31. The molecule has 0 atom stereocenters. The monoisotopic (exact) mass is 405 g/mol. The minimum atomic E-state index is -0.212. The molecule has 4 aromatic heterocycles. The van der Waals surface area contributed by atoms with Crippen LogP contribution in [0.15, 0.2) is 47.5 Å². The molecule has 0 saturated heterocycles. The molecule has 0 spiro atoms. The van der Waals surface area contributed by atoms with E-state index in [-0.39, 0.29) is 11.5 Å². The summed E-state index contributed by atoms with van der Waals surface area (Å²) in [5.41, 5.74) is 2.51. The highest BCUT2D eigenvalue weighted by Gasteiger charge is 2.16. The number of hydrogen-bond acceptors (Lipinski definition) is 9. The topological polar surface area (TPSA) is 117 Å². The molecule has 0 aliphatic heterocycles. The molecule has 30 heavy (non-hydrogen) atoms. The van der Waals surface area contributed by atoms with Gasteiger partial charge in [0.15, 0.2) is 5.65 Å². The fourth-order valence-electron chi connectivity index (χ4n) is 3.02. The first-order valence-corrected chi connectivity index (χ1v) is 9.18. The Kier molecular flexibility index (Phi) is 5.21. The Morgan fingerprint density at radius 2 is 1.70 bits per heavy atom. The fourth-order valence-corrected chi connectivity index (χ4v) is 3.02. The summed E-state index contributed by atoms with van der Waals surface area (Å²) in [7, 11) is 3.01. The predicted octanol–water partition coefficient (Wildman–Crippen LogP) is 2.42. The van der Waals surface area contributed by atoms with Gasteiger partial charge in [-0.1, -0.05) is 0 Å². The van der Waals surface area contributed by atoms with Crippen LogP contribution in [0.25, 0.3) is 22.3 Å². The number of hydrogen-bond donors (Lipinski definition) is 1. The SMILES string of the molecule is CCn1c(=O)c(-c2cc(OC)nc(OC)c2)cc2nnc(Nc3ccncc3)nc21. The number of anilines is 2. The highest BCUT2D eigenvalue weighted by molar-refractivity contribution is 5.79. The van der Waals surface area contributed by atoms with Crippen LogP contribution in [0.3, 0.4) is 0 Å². The maximum absolute atomic E-state index is 13.2. The summed E-state index contributed by atoms with van der Waals surface area (Å²) in [6, 6.07) is 8.58. The number of nitrogens with zero attached hydrogens (tertiary/aromatic N) is 6. The molecule has 0 aliphatic carbocycles. The molecule has 0 amide bonds. The first-order valence-electron chi connectivity index (χ1n) is 9.18. The van der Waals surface area contributed by atoms with E-state index >= 15 is 0 Å². The summed E-state index contributed by atoms with van der Waals surface area (Å²) in [6.45, 7) is 2.28. The molecule has 0 saturated carbocycles. The zero-order chi connectivity index (χ0) is 21.1. The average Bonchev–Trinajstić information content (AvgIpc) is 2.79. The van der Waals surface area contributed by atoms with Crippen LogP contribution >= 0.6 is 0 Å². The van der Waals surface area contributed by atoms with Gasteiger partial charge < -0.3 is 14.8 Å². The number of nitrogens with one attached hydrogen (secondary N) is 1. The normalized spacial score (nSPS) is 10.8. The second kappa shape index (κ2) is 8.11. The van der Waals surface area contributed by atoms with E-state index in [1.165, 1.54) is 14.2 Å². The first-order chi connectivity index (χ1) is 14.6. The lowest BCUT2D eigenvalue weighted by Gasteiger charge is -2.12. The lowest BCUT2D eigenvalue weighted by atomic mass is 10.1. The van der Waals surface area contributed by atoms with Crippen LogP contribution in [0.1, 0.15) is 6.92 Å². The van der Waals surface area contributed by atoms with Crippen molar-refractivity contribution in [3.05, 3.63) is 53.1 Å². The van der Waals surface area contributed by atoms with Gasteiger partial charge in [-0.05, 0) is 30.7 Å². The van der Waals surface area contributed by atoms with Gasteiger partial charge in [-0.2, -0.15) is 9.97 Å². The van der Waals surface area contributed by atoms with Crippen molar-refractivity contribution in [2.75, 3.05) is 19.5 Å². The van der Waals surface area contributed by atoms with Gasteiger partial charge in [0, 0.05) is 42.3 Å². The predicted molar refractivity (Wildman–Crippen MR) is 111 cm³/mol. The van der Waals surface area contributed by atoms with Crippen LogP contribution in [-0.4, -0.2) is 43.9 Å². The molecule has 0 unspecified atom stereocenters. The van der Waals surface area contributed by atoms with Crippen LogP contribution in [0.5, 0.6) is 11.8 Å². The zero-order valence-corrected chi connectivity index (χ0v) is 16.7. The minimum Gasteiger partial charge on any atom is -0.481 e. The number of aromatic nitrogens is 6. The molecule has 1 N–H and O–H groups in total. The van der Waals surface area contributed by atoms with E-state index in [1.54, 1.807) is 47.3 Å². The van der Waals surface area contributed by atoms with Crippen molar-refractivity contribution in [2.24, 2.45) is 0 Å². The molecule has 4 rings (SSSR count). The van der Waals surface area contributed by atoms with Crippen LogP contribution < -0.4 is 20.3 Å². The van der Waals surface area contributed by atoms with Gasteiger partial charge in [0.1, 0.15) is 5.52 Å². The Morgan fingerprint density at radius 3 is 2.33 bits per heavy atom. The quantitative estimate of drug-likeness (QED) is 0.516. The van der Waals surface area contributed by atoms with Crippen LogP contribution in [0.2, 0.25) is 0 Å². The second-order valence-corrected chi connectivity index (χ2v) is 6.25. The largest absolute Gasteiger partial charge is 0.481 e. The zero-order valence-electron chi connectivity index (χ0n) is 16.7. The van der Waals surface area contributed by atoms with Crippen molar-refractivity contribution >= 4 is 22.8 Å². The molecular formula is C20H19N7O3. The van der Waals surface area contributed by atoms with Gasteiger partial charge >= 0.3 is 0 Å². The average molecular weight is 405 g/mol. The molecule has 10 nitrogen and oxygen atoms in total. The highest BCUT2D eigenvalue weighted by Crippen LogP contribution is 2.26. The fraction of sp³-hybridized carbons (Fsp3) is 0.200. The molecule has 0 aliphatic rings. The van der Waals surface area contributed by atoms with Gasteiger partial charge in [-0.15, -0.1) is 10.2 Å². The third-order valence-electron chi connectivity index (χ3n) is 4.47. The third kappa shape index (κ3) is 3.62. The summed E-state index contributed by atoms with van der Waals surface area (Å²) in [4.78, 5) is 25.9. The summed E-state index contributed by atoms with van der Waals surface area (Å²) in [5.74, 6) is 0.969. The van der Waals surface area contributed by atoms with Crippen LogP contribution in [0.4, 0.5) is 11.6 Å². The van der Waals surface area contributed by atoms with E-state index in [4.69, 9.17) is 9.47 Å². The Morgan fingerprint density at radius 1 is 1.00 bits per heavy atom. The summed E-state index contributed by atoms with van der Waals surface area (Å²) < 4.78 is 12.0. The standard InChI is InChI=1S/C20H19N7O3/c1-4-27-18-15(25-26-20(24-18)22-13-5-7-21-8-6-13)11-14(19(27)28)12-9-16(29-2)23-17(10-12)30-3/h5-11H,4H2,1-3H3,(H,21,22,24,26). The van der Waals surface area contributed by atoms with Gasteiger partial charge in [0.2, 0.25) is 17.7 Å². The number of aryl methyl sites for hydroxylation is 1. The molecule has 0 aromatic carbocycles. The van der Waals surface area contributed by atoms with E-state index < -0.39 is 0 Å².